The van der Waals surface area contributed by atoms with Crippen molar-refractivity contribution >= 4 is 17.2 Å². The number of fused-ring (bicyclic) bond motifs is 1. The number of imidazole rings is 1. The molecule has 3 aromatic heterocycles. The molecule has 0 aromatic carbocycles. The van der Waals surface area contributed by atoms with E-state index in [1.54, 1.807) is 4.68 Å². The summed E-state index contributed by atoms with van der Waals surface area (Å²) in [6.07, 6.45) is 8.53. The summed E-state index contributed by atoms with van der Waals surface area (Å²) in [5.41, 5.74) is 5.67. The van der Waals surface area contributed by atoms with Gasteiger partial charge in [-0.1, -0.05) is 18.2 Å². The molecule has 0 bridgehead atoms. The largest absolute Gasteiger partial charge is 0.340 e. The molecule has 7 nitrogen and oxygen atoms in total. The number of allylic oxidation sites excluding steroid dienone is 4. The third-order valence-corrected chi connectivity index (χ3v) is 5.37. The minimum atomic E-state index is 0.645. The zero-order chi connectivity index (χ0) is 19.3. The molecule has 1 aliphatic heterocycles. The molecule has 0 saturated carbocycles. The van der Waals surface area contributed by atoms with E-state index in [4.69, 9.17) is 5.10 Å². The maximum Gasteiger partial charge on any atom is 0.245 e. The average Bonchev–Trinajstić information content (AvgIpc) is 3.33. The van der Waals surface area contributed by atoms with Crippen molar-refractivity contribution < 1.29 is 0 Å². The van der Waals surface area contributed by atoms with E-state index in [0.29, 0.717) is 11.5 Å². The van der Waals surface area contributed by atoms with Crippen molar-refractivity contribution in [1.29, 1.82) is 0 Å². The van der Waals surface area contributed by atoms with E-state index in [1.165, 1.54) is 12.8 Å². The van der Waals surface area contributed by atoms with Gasteiger partial charge in [0.2, 0.25) is 11.8 Å². The quantitative estimate of drug-likeness (QED) is 0.648. The topological polar surface area (TPSA) is 64.1 Å². The van der Waals surface area contributed by atoms with Crippen LogP contribution in [-0.2, 0) is 7.05 Å². The van der Waals surface area contributed by atoms with Gasteiger partial charge in [-0.2, -0.15) is 10.1 Å². The molecule has 0 unspecified atom stereocenters. The first-order valence-corrected chi connectivity index (χ1v) is 9.54. The van der Waals surface area contributed by atoms with Crippen LogP contribution in [0.3, 0.4) is 0 Å². The zero-order valence-corrected chi connectivity index (χ0v) is 16.3. The van der Waals surface area contributed by atoms with E-state index in [9.17, 15) is 0 Å². The summed E-state index contributed by atoms with van der Waals surface area (Å²) in [6, 6.07) is 2.05. The maximum absolute atomic E-state index is 4.77. The van der Waals surface area contributed by atoms with Gasteiger partial charge >= 0.3 is 0 Å². The fraction of sp³-hybridized carbons (Fsp3) is 0.333. The second-order valence-corrected chi connectivity index (χ2v) is 7.24. The van der Waals surface area contributed by atoms with Crippen molar-refractivity contribution in [3.05, 3.63) is 52.8 Å². The number of hydrogen-bond donors (Lipinski definition) is 0. The summed E-state index contributed by atoms with van der Waals surface area (Å²) >= 11 is 0. The molecular formula is C21H21N7. The Morgan fingerprint density at radius 2 is 1.82 bits per heavy atom. The number of nitrogens with zero attached hydrogens (tertiary/aromatic N) is 7. The molecule has 7 heteroatoms. The van der Waals surface area contributed by atoms with Gasteiger partial charge in [0.1, 0.15) is 5.69 Å². The van der Waals surface area contributed by atoms with Crippen molar-refractivity contribution in [1.82, 2.24) is 29.4 Å². The molecule has 3 aromatic rings. The van der Waals surface area contributed by atoms with Gasteiger partial charge in [0.05, 0.1) is 11.4 Å². The third kappa shape index (κ3) is 2.69. The summed E-state index contributed by atoms with van der Waals surface area (Å²) in [5, 5.41) is 9.29. The summed E-state index contributed by atoms with van der Waals surface area (Å²) in [4.78, 5) is 11.4. The Labute approximate surface area is 163 Å². The highest BCUT2D eigenvalue weighted by Gasteiger charge is 2.18. The van der Waals surface area contributed by atoms with Crippen LogP contribution in [0.4, 0.5) is 5.95 Å². The van der Waals surface area contributed by atoms with E-state index in [2.05, 4.69) is 50.0 Å². The zero-order valence-electron chi connectivity index (χ0n) is 16.3. The first kappa shape index (κ1) is 16.8. The molecule has 0 atom stereocenters. The lowest BCUT2D eigenvalue weighted by Gasteiger charge is -2.10. The molecule has 28 heavy (non-hydrogen) atoms. The van der Waals surface area contributed by atoms with Crippen molar-refractivity contribution in [2.75, 3.05) is 18.0 Å². The molecular weight excluding hydrogens is 350 g/mol. The highest BCUT2D eigenvalue weighted by Crippen LogP contribution is 2.26. The number of anilines is 1. The summed E-state index contributed by atoms with van der Waals surface area (Å²) in [5.74, 6) is 7.81. The van der Waals surface area contributed by atoms with Gasteiger partial charge in [0.15, 0.2) is 5.65 Å². The highest BCUT2D eigenvalue weighted by atomic mass is 15.4. The number of hydrogen-bond acceptors (Lipinski definition) is 5. The second kappa shape index (κ2) is 6.34. The van der Waals surface area contributed by atoms with Gasteiger partial charge < -0.3 is 4.90 Å². The SMILES string of the molecule is Cc1nc2cc(C3=CC=C3)c(C#Cc3nc(N4CCCC4)nn3C)nn2c1C. The predicted molar refractivity (Wildman–Crippen MR) is 108 cm³/mol. The fourth-order valence-electron chi connectivity index (χ4n) is 3.53. The van der Waals surface area contributed by atoms with Crippen molar-refractivity contribution in [2.24, 2.45) is 7.05 Å². The lowest BCUT2D eigenvalue weighted by atomic mass is 9.98. The molecule has 2 aliphatic rings. The number of rotatable bonds is 2. The maximum atomic E-state index is 4.77. The summed E-state index contributed by atoms with van der Waals surface area (Å²) in [7, 11) is 1.88. The Bertz CT molecular complexity index is 1210. The molecule has 5 rings (SSSR count). The van der Waals surface area contributed by atoms with Crippen LogP contribution in [0.25, 0.3) is 11.2 Å². The number of aryl methyl sites for hydroxylation is 3. The van der Waals surface area contributed by atoms with Gasteiger partial charge in [0, 0.05) is 25.7 Å². The lowest BCUT2D eigenvalue weighted by Crippen LogP contribution is -2.19. The fourth-order valence-corrected chi connectivity index (χ4v) is 3.53. The molecule has 0 radical (unpaired) electrons. The van der Waals surface area contributed by atoms with Gasteiger partial charge in [0.25, 0.3) is 0 Å². The van der Waals surface area contributed by atoms with Gasteiger partial charge in [-0.05, 0) is 50.2 Å². The Hall–Kier alpha value is -3.40. The molecule has 4 heterocycles. The van der Waals surface area contributed by atoms with Gasteiger partial charge in [-0.25, -0.2) is 14.2 Å². The first-order valence-electron chi connectivity index (χ1n) is 9.54. The van der Waals surface area contributed by atoms with Crippen LogP contribution in [0.15, 0.2) is 24.3 Å². The molecule has 0 amide bonds. The van der Waals surface area contributed by atoms with Crippen LogP contribution in [0, 0.1) is 25.7 Å². The van der Waals surface area contributed by atoms with Crippen molar-refractivity contribution in [2.45, 2.75) is 26.7 Å². The van der Waals surface area contributed by atoms with Crippen molar-refractivity contribution in [3.8, 4) is 11.8 Å². The third-order valence-electron chi connectivity index (χ3n) is 5.37. The molecule has 140 valence electrons. The van der Waals surface area contributed by atoms with Crippen LogP contribution in [0.1, 0.15) is 41.3 Å². The lowest BCUT2D eigenvalue weighted by molar-refractivity contribution is 0.745. The van der Waals surface area contributed by atoms with E-state index >= 15 is 0 Å². The summed E-state index contributed by atoms with van der Waals surface area (Å²) in [6.45, 7) is 6.04. The van der Waals surface area contributed by atoms with Crippen LogP contribution in [0.5, 0.6) is 0 Å². The van der Waals surface area contributed by atoms with E-state index < -0.39 is 0 Å². The van der Waals surface area contributed by atoms with E-state index in [-0.39, 0.29) is 0 Å². The minimum absolute atomic E-state index is 0.645. The monoisotopic (exact) mass is 371 g/mol. The molecule has 1 fully saturated rings. The Balaban J connectivity index is 1.57. The molecule has 1 aliphatic carbocycles. The van der Waals surface area contributed by atoms with Gasteiger partial charge in [-0.3, -0.25) is 0 Å². The van der Waals surface area contributed by atoms with Gasteiger partial charge in [-0.15, -0.1) is 5.10 Å². The molecule has 1 saturated heterocycles. The van der Waals surface area contributed by atoms with Crippen LogP contribution in [-0.4, -0.2) is 42.5 Å². The predicted octanol–water partition coefficient (Wildman–Crippen LogP) is 2.43. The summed E-state index contributed by atoms with van der Waals surface area (Å²) < 4.78 is 3.60. The average molecular weight is 371 g/mol. The minimum Gasteiger partial charge on any atom is -0.340 e. The molecule has 0 spiro atoms. The number of aromatic nitrogens is 6. The highest BCUT2D eigenvalue weighted by molar-refractivity contribution is 5.84. The van der Waals surface area contributed by atoms with Crippen molar-refractivity contribution in [3.63, 3.8) is 0 Å². The normalized spacial score (nSPS) is 15.5. The Kier molecular flexibility index (Phi) is 3.79. The Morgan fingerprint density at radius 3 is 2.54 bits per heavy atom. The van der Waals surface area contributed by atoms with Crippen LogP contribution >= 0.6 is 0 Å². The standard InChI is InChI=1S/C21H21N7/c1-14-15(2)28-20(22-14)13-17(16-7-6-8-16)18(24-28)9-10-19-23-21(25-26(19)3)27-11-4-5-12-27/h6-8,13H,4-5,11-12H2,1-3H3. The van der Waals surface area contributed by atoms with E-state index in [1.807, 2.05) is 31.5 Å². The smallest absolute Gasteiger partial charge is 0.245 e. The van der Waals surface area contributed by atoms with Crippen LogP contribution < -0.4 is 4.90 Å². The van der Waals surface area contributed by atoms with E-state index in [0.717, 1.165) is 47.2 Å². The van der Waals surface area contributed by atoms with Crippen LogP contribution in [0.2, 0.25) is 0 Å². The Morgan fingerprint density at radius 1 is 1.04 bits per heavy atom. The first-order chi connectivity index (χ1) is 13.6. The second-order valence-electron chi connectivity index (χ2n) is 7.24. The molecule has 0 N–H and O–H groups in total.